The van der Waals surface area contributed by atoms with E-state index in [-0.39, 0.29) is 0 Å². The summed E-state index contributed by atoms with van der Waals surface area (Å²) in [6.07, 6.45) is 0. The molecule has 0 heterocycles. The first-order valence-electron chi connectivity index (χ1n) is 2.50. The fourth-order valence-electron chi connectivity index (χ4n) is 0. The Labute approximate surface area is 80.4 Å². The van der Waals surface area contributed by atoms with Crippen LogP contribution in [0.1, 0.15) is 0 Å². The third-order valence-electron chi connectivity index (χ3n) is 0. The third-order valence-corrected chi connectivity index (χ3v) is 0. The summed E-state index contributed by atoms with van der Waals surface area (Å²) in [5.74, 6) is 0. The van der Waals surface area contributed by atoms with E-state index in [9.17, 15) is 0 Å². The predicted octanol–water partition coefficient (Wildman–Crippen LogP) is -3.75. The number of urea groups is 2. The zero-order valence-corrected chi connectivity index (χ0v) is 8.04. The molecule has 0 aliphatic heterocycles. The average Bonchev–Trinajstić information content (AvgIpc) is 1.86. The van der Waals surface area contributed by atoms with Crippen LogP contribution in [0.3, 0.4) is 0 Å². The van der Waals surface area contributed by atoms with Gasteiger partial charge in [-0.15, -0.1) is 0 Å². The normalized spacial score (nSPS) is 5.43. The molecule has 10 nitrogen and oxygen atoms in total. The van der Waals surface area contributed by atoms with E-state index in [4.69, 9.17) is 28.4 Å². The van der Waals surface area contributed by atoms with Crippen molar-refractivity contribution < 1.29 is 28.4 Å². The van der Waals surface area contributed by atoms with Crippen molar-refractivity contribution in [2.75, 3.05) is 0 Å². The summed E-state index contributed by atoms with van der Waals surface area (Å²) in [4.78, 5) is 40.3. The summed E-state index contributed by atoms with van der Waals surface area (Å²) in [5, 5.41) is 0. The van der Waals surface area contributed by atoms with Crippen molar-refractivity contribution in [3.8, 4) is 0 Å². The molecular weight excluding hydrogens is 216 g/mol. The molecule has 0 aromatic rings. The maximum atomic E-state index is 9.00. The molecule has 0 radical (unpaired) electrons. The van der Waals surface area contributed by atoms with Crippen molar-refractivity contribution >= 4 is 28.0 Å². The molecule has 0 aliphatic rings. The second-order valence-corrected chi connectivity index (χ2v) is 1.65. The molecule has 0 aromatic carbocycles. The molecule has 0 saturated carbocycles. The lowest BCUT2D eigenvalue weighted by Crippen LogP contribution is -2.18. The van der Waals surface area contributed by atoms with Gasteiger partial charge in [-0.2, -0.15) is 0 Å². The van der Waals surface area contributed by atoms with Crippen LogP contribution in [0.25, 0.3) is 0 Å². The van der Waals surface area contributed by atoms with E-state index in [1.807, 2.05) is 6.79 Å². The van der Waals surface area contributed by atoms with Gasteiger partial charge in [-0.3, -0.25) is 4.46 Å². The number of primary amides is 4. The first-order valence-corrected chi connectivity index (χ1v) is 3.81. The maximum Gasteiger partial charge on any atom is 0.761 e. The molecule has 0 aliphatic carbocycles. The minimum atomic E-state index is -3.13. The van der Waals surface area contributed by atoms with Crippen LogP contribution in [0, 0.1) is 0 Å². The summed E-state index contributed by atoms with van der Waals surface area (Å²) < 4.78 is 8.74. The van der Waals surface area contributed by atoms with Gasteiger partial charge in [-0.1, -0.05) is 0 Å². The fourth-order valence-corrected chi connectivity index (χ4v) is 0. The topological polar surface area (TPSA) is 213 Å². The van der Waals surface area contributed by atoms with Gasteiger partial charge < -0.3 is 37.3 Å². The minimum Gasteiger partial charge on any atom is -0.511 e. The Morgan fingerprint density at radius 3 is 0.929 bits per heavy atom. The van der Waals surface area contributed by atoms with Crippen molar-refractivity contribution in [2.24, 2.45) is 22.9 Å². The largest absolute Gasteiger partial charge is 0.761 e. The highest BCUT2D eigenvalue weighted by Crippen LogP contribution is 1.27. The van der Waals surface area contributed by atoms with E-state index in [0.717, 1.165) is 0 Å². The van der Waals surface area contributed by atoms with Crippen LogP contribution in [0.2, 0.25) is 0 Å². The second kappa shape index (κ2) is 22.4. The molecule has 0 unspecified atom stereocenters. The first-order chi connectivity index (χ1) is 6.20. The SMILES string of the molecule is C=O.NC(N)=O.NC(N)=O.O=[Si](O)O. The zero-order valence-electron chi connectivity index (χ0n) is 7.04. The van der Waals surface area contributed by atoms with Gasteiger partial charge in [0.25, 0.3) is 0 Å². The summed E-state index contributed by atoms with van der Waals surface area (Å²) in [5.41, 5.74) is 17.0. The monoisotopic (exact) mass is 228 g/mol. The minimum absolute atomic E-state index is 0.833. The van der Waals surface area contributed by atoms with Gasteiger partial charge in [0.15, 0.2) is 0 Å². The molecule has 84 valence electrons. The fraction of sp³-hybridized carbons (Fsp3) is 0. The number of rotatable bonds is 0. The van der Waals surface area contributed by atoms with Crippen molar-refractivity contribution in [1.29, 1.82) is 0 Å². The summed E-state index contributed by atoms with van der Waals surface area (Å²) in [7, 11) is -3.13. The molecule has 4 amide bonds. The van der Waals surface area contributed by atoms with E-state index < -0.39 is 21.2 Å². The Morgan fingerprint density at radius 1 is 0.929 bits per heavy atom. The van der Waals surface area contributed by atoms with Crippen LogP contribution in [0.5, 0.6) is 0 Å². The lowest BCUT2D eigenvalue weighted by Gasteiger charge is -1.62. The van der Waals surface area contributed by atoms with E-state index in [0.29, 0.717) is 0 Å². The first kappa shape index (κ1) is 22.6. The lowest BCUT2D eigenvalue weighted by molar-refractivity contribution is -0.0980. The highest BCUT2D eigenvalue weighted by molar-refractivity contribution is 6.22. The van der Waals surface area contributed by atoms with Crippen LogP contribution in [0.4, 0.5) is 9.59 Å². The number of nitrogens with two attached hydrogens (primary N) is 4. The molecule has 0 bridgehead atoms. The van der Waals surface area contributed by atoms with E-state index in [1.54, 1.807) is 0 Å². The quantitative estimate of drug-likeness (QED) is 0.229. The molecule has 14 heavy (non-hydrogen) atoms. The number of hydrogen-bond donors (Lipinski definition) is 6. The van der Waals surface area contributed by atoms with Crippen molar-refractivity contribution in [3.05, 3.63) is 0 Å². The lowest BCUT2D eigenvalue weighted by atomic mass is 11.2. The molecule has 0 rings (SSSR count). The standard InChI is InChI=1S/2CH4N2O.CH2O.H2O3Si/c2*2-1(3)4;1-2;1-4(2)3/h2*(H4,2,3,4);1H2;1-2H. The zero-order chi connectivity index (χ0) is 12.7. The molecule has 10 N–H and O–H groups in total. The van der Waals surface area contributed by atoms with Crippen LogP contribution in [-0.4, -0.2) is 37.6 Å². The maximum absolute atomic E-state index is 9.00. The molecule has 0 saturated heterocycles. The average molecular weight is 228 g/mol. The van der Waals surface area contributed by atoms with Crippen molar-refractivity contribution in [2.45, 2.75) is 0 Å². The van der Waals surface area contributed by atoms with Crippen LogP contribution >= 0.6 is 0 Å². The Morgan fingerprint density at radius 2 is 0.929 bits per heavy atom. The van der Waals surface area contributed by atoms with Crippen molar-refractivity contribution in [3.63, 3.8) is 0 Å². The molecule has 0 fully saturated rings. The van der Waals surface area contributed by atoms with Crippen LogP contribution < -0.4 is 22.9 Å². The summed E-state index contributed by atoms with van der Waals surface area (Å²) in [6, 6.07) is -1.67. The van der Waals surface area contributed by atoms with E-state index in [2.05, 4.69) is 22.9 Å². The third kappa shape index (κ3) is 162. The van der Waals surface area contributed by atoms with Gasteiger partial charge in [0.05, 0.1) is 0 Å². The van der Waals surface area contributed by atoms with Crippen LogP contribution in [-0.2, 0) is 9.26 Å². The number of carbonyl (C=O) groups is 3. The summed E-state index contributed by atoms with van der Waals surface area (Å²) >= 11 is 0. The van der Waals surface area contributed by atoms with Crippen molar-refractivity contribution in [1.82, 2.24) is 0 Å². The van der Waals surface area contributed by atoms with E-state index in [1.165, 1.54) is 0 Å². The van der Waals surface area contributed by atoms with Gasteiger partial charge in [-0.05, 0) is 0 Å². The number of amides is 4. The highest BCUT2D eigenvalue weighted by atomic mass is 28.3. The molecule has 0 atom stereocenters. The summed E-state index contributed by atoms with van der Waals surface area (Å²) in [6.45, 7) is 2.00. The molecule has 11 heteroatoms. The van der Waals surface area contributed by atoms with Gasteiger partial charge in [0.2, 0.25) is 0 Å². The Hall–Kier alpha value is -2.17. The Bertz CT molecular complexity index is 134. The molecule has 0 aromatic heterocycles. The van der Waals surface area contributed by atoms with Crippen LogP contribution in [0.15, 0.2) is 0 Å². The smallest absolute Gasteiger partial charge is 0.511 e. The Kier molecular flexibility index (Phi) is 36.3. The number of hydrogen-bond acceptors (Lipinski definition) is 4. The predicted molar refractivity (Wildman–Crippen MR) is 45.5 cm³/mol. The van der Waals surface area contributed by atoms with Gasteiger partial charge in [0.1, 0.15) is 6.79 Å². The molecule has 0 spiro atoms. The Balaban J connectivity index is -0.0000000492. The van der Waals surface area contributed by atoms with Gasteiger partial charge >= 0.3 is 21.2 Å². The van der Waals surface area contributed by atoms with E-state index >= 15 is 0 Å². The number of carbonyl (C=O) groups excluding carboxylic acids is 3. The van der Waals surface area contributed by atoms with Gasteiger partial charge in [0, 0.05) is 0 Å². The highest BCUT2D eigenvalue weighted by Gasteiger charge is 1.85. The second-order valence-electron chi connectivity index (χ2n) is 1.09. The molecular formula is C3H12N4O6Si. The van der Waals surface area contributed by atoms with Gasteiger partial charge in [-0.25, -0.2) is 9.59 Å².